The molecule has 20 heavy (non-hydrogen) atoms. The number of carbonyl (C=O) groups is 1. The second-order valence-corrected chi connectivity index (χ2v) is 4.61. The fourth-order valence-electron chi connectivity index (χ4n) is 1.90. The van der Waals surface area contributed by atoms with Crippen LogP contribution in [0.25, 0.3) is 0 Å². The van der Waals surface area contributed by atoms with Crippen LogP contribution in [0.4, 0.5) is 0 Å². The van der Waals surface area contributed by atoms with Crippen molar-refractivity contribution in [2.24, 2.45) is 0 Å². The molecule has 0 fully saturated rings. The summed E-state index contributed by atoms with van der Waals surface area (Å²) in [7, 11) is 0. The normalized spacial score (nSPS) is 12.3. The van der Waals surface area contributed by atoms with E-state index in [1.807, 2.05) is 17.7 Å². The standard InChI is InChI=1S/C13H19N5O2/c1-3-11(13-15-10(2)17-20-13)16-12(19)5-4-7-18-8-6-14-9-18/h6,8-9,11H,3-5,7H2,1-2H3,(H,16,19)/t11-/m1/s1. The second kappa shape index (κ2) is 6.83. The van der Waals surface area contributed by atoms with Crippen molar-refractivity contribution in [1.82, 2.24) is 25.0 Å². The SMILES string of the molecule is CC[C@@H](NC(=O)CCCn1ccnc1)c1nc(C)no1. The first-order valence-corrected chi connectivity index (χ1v) is 6.74. The zero-order chi connectivity index (χ0) is 14.4. The van der Waals surface area contributed by atoms with Crippen molar-refractivity contribution in [3.63, 3.8) is 0 Å². The molecule has 2 heterocycles. The Morgan fingerprint density at radius 1 is 1.55 bits per heavy atom. The van der Waals surface area contributed by atoms with Gasteiger partial charge >= 0.3 is 0 Å². The molecule has 0 unspecified atom stereocenters. The maximum Gasteiger partial charge on any atom is 0.249 e. The smallest absolute Gasteiger partial charge is 0.249 e. The lowest BCUT2D eigenvalue weighted by molar-refractivity contribution is -0.122. The van der Waals surface area contributed by atoms with Crippen LogP contribution in [-0.4, -0.2) is 25.6 Å². The molecule has 0 radical (unpaired) electrons. The molecule has 7 nitrogen and oxygen atoms in total. The van der Waals surface area contributed by atoms with Gasteiger partial charge in [0.15, 0.2) is 5.82 Å². The van der Waals surface area contributed by atoms with E-state index in [1.165, 1.54) is 0 Å². The van der Waals surface area contributed by atoms with Gasteiger partial charge in [-0.25, -0.2) is 4.98 Å². The lowest BCUT2D eigenvalue weighted by atomic mass is 10.2. The van der Waals surface area contributed by atoms with Crippen LogP contribution < -0.4 is 5.32 Å². The molecule has 1 amide bonds. The molecule has 0 spiro atoms. The fourth-order valence-corrected chi connectivity index (χ4v) is 1.90. The maximum atomic E-state index is 11.9. The van der Waals surface area contributed by atoms with Crippen molar-refractivity contribution >= 4 is 5.91 Å². The first kappa shape index (κ1) is 14.2. The van der Waals surface area contributed by atoms with Crippen molar-refractivity contribution in [2.75, 3.05) is 0 Å². The molecule has 0 aliphatic heterocycles. The van der Waals surface area contributed by atoms with Crippen LogP contribution in [0.2, 0.25) is 0 Å². The third kappa shape index (κ3) is 3.91. The number of hydrogen-bond acceptors (Lipinski definition) is 5. The molecule has 2 aromatic rings. The molecular weight excluding hydrogens is 258 g/mol. The third-order valence-electron chi connectivity index (χ3n) is 2.96. The van der Waals surface area contributed by atoms with Crippen LogP contribution in [0.1, 0.15) is 43.9 Å². The Bertz CT molecular complexity index is 535. The summed E-state index contributed by atoms with van der Waals surface area (Å²) in [6.07, 6.45) is 7.30. The molecule has 1 N–H and O–H groups in total. The fraction of sp³-hybridized carbons (Fsp3) is 0.538. The quantitative estimate of drug-likeness (QED) is 0.831. The van der Waals surface area contributed by atoms with E-state index < -0.39 is 0 Å². The molecule has 2 rings (SSSR count). The third-order valence-corrected chi connectivity index (χ3v) is 2.96. The Kier molecular flexibility index (Phi) is 4.86. The lowest BCUT2D eigenvalue weighted by Crippen LogP contribution is -2.28. The largest absolute Gasteiger partial charge is 0.344 e. The van der Waals surface area contributed by atoms with E-state index in [4.69, 9.17) is 4.52 Å². The molecule has 0 aromatic carbocycles. The molecular formula is C13H19N5O2. The average Bonchev–Trinajstić information content (AvgIpc) is 3.07. The Labute approximate surface area is 117 Å². The summed E-state index contributed by atoms with van der Waals surface area (Å²) < 4.78 is 7.04. The molecule has 0 aliphatic rings. The number of imidazole rings is 1. The minimum absolute atomic E-state index is 0.00665. The zero-order valence-corrected chi connectivity index (χ0v) is 11.7. The van der Waals surface area contributed by atoms with Gasteiger partial charge in [0, 0.05) is 25.4 Å². The summed E-state index contributed by atoms with van der Waals surface area (Å²) in [4.78, 5) is 20.0. The molecule has 0 saturated carbocycles. The van der Waals surface area contributed by atoms with Gasteiger partial charge in [0.25, 0.3) is 0 Å². The molecule has 0 aliphatic carbocycles. The van der Waals surface area contributed by atoms with E-state index in [2.05, 4.69) is 20.4 Å². The van der Waals surface area contributed by atoms with Crippen molar-refractivity contribution in [3.8, 4) is 0 Å². The number of rotatable bonds is 7. The van der Waals surface area contributed by atoms with E-state index >= 15 is 0 Å². The predicted molar refractivity (Wildman–Crippen MR) is 71.7 cm³/mol. The van der Waals surface area contributed by atoms with Gasteiger partial charge in [-0.05, 0) is 19.8 Å². The lowest BCUT2D eigenvalue weighted by Gasteiger charge is -2.12. The van der Waals surface area contributed by atoms with Crippen molar-refractivity contribution in [3.05, 3.63) is 30.4 Å². The van der Waals surface area contributed by atoms with Gasteiger partial charge in [-0.15, -0.1) is 0 Å². The predicted octanol–water partition coefficient (Wildman–Crippen LogP) is 1.62. The topological polar surface area (TPSA) is 85.8 Å². The molecule has 7 heteroatoms. The van der Waals surface area contributed by atoms with Crippen LogP contribution in [0.5, 0.6) is 0 Å². The summed E-state index contributed by atoms with van der Waals surface area (Å²) in [5, 5.41) is 6.66. The van der Waals surface area contributed by atoms with Gasteiger partial charge in [-0.2, -0.15) is 4.98 Å². The maximum absolute atomic E-state index is 11.9. The zero-order valence-electron chi connectivity index (χ0n) is 11.7. The number of amides is 1. The van der Waals surface area contributed by atoms with E-state index in [9.17, 15) is 4.79 Å². The summed E-state index contributed by atoms with van der Waals surface area (Å²) in [5.74, 6) is 1.04. The van der Waals surface area contributed by atoms with Crippen LogP contribution in [0, 0.1) is 6.92 Å². The number of aryl methyl sites for hydroxylation is 2. The van der Waals surface area contributed by atoms with E-state index in [1.54, 1.807) is 19.4 Å². The number of carbonyl (C=O) groups excluding carboxylic acids is 1. The molecule has 1 atom stereocenters. The van der Waals surface area contributed by atoms with Crippen LogP contribution in [0.15, 0.2) is 23.2 Å². The average molecular weight is 277 g/mol. The minimum Gasteiger partial charge on any atom is -0.344 e. The summed E-state index contributed by atoms with van der Waals surface area (Å²) in [5.41, 5.74) is 0. The van der Waals surface area contributed by atoms with Gasteiger partial charge < -0.3 is 14.4 Å². The highest BCUT2D eigenvalue weighted by Crippen LogP contribution is 2.14. The molecule has 108 valence electrons. The Morgan fingerprint density at radius 3 is 3.00 bits per heavy atom. The first-order valence-electron chi connectivity index (χ1n) is 6.74. The first-order chi connectivity index (χ1) is 9.69. The number of aromatic nitrogens is 4. The van der Waals surface area contributed by atoms with E-state index in [0.717, 1.165) is 19.4 Å². The Hall–Kier alpha value is -2.18. The van der Waals surface area contributed by atoms with Crippen LogP contribution in [-0.2, 0) is 11.3 Å². The molecule has 0 bridgehead atoms. The summed E-state index contributed by atoms with van der Waals surface area (Å²) in [6.45, 7) is 4.51. The van der Waals surface area contributed by atoms with Gasteiger partial charge in [0.2, 0.25) is 11.8 Å². The van der Waals surface area contributed by atoms with Crippen LogP contribution in [0.3, 0.4) is 0 Å². The van der Waals surface area contributed by atoms with Crippen molar-refractivity contribution in [2.45, 2.75) is 45.7 Å². The monoisotopic (exact) mass is 277 g/mol. The summed E-state index contributed by atoms with van der Waals surface area (Å²) >= 11 is 0. The number of nitrogens with one attached hydrogen (secondary N) is 1. The van der Waals surface area contributed by atoms with Gasteiger partial charge in [-0.3, -0.25) is 4.79 Å². The highest BCUT2D eigenvalue weighted by molar-refractivity contribution is 5.76. The number of hydrogen-bond donors (Lipinski definition) is 1. The Balaban J connectivity index is 1.77. The van der Waals surface area contributed by atoms with Gasteiger partial charge in [0.05, 0.1) is 6.33 Å². The van der Waals surface area contributed by atoms with Crippen LogP contribution >= 0.6 is 0 Å². The van der Waals surface area contributed by atoms with Crippen molar-refractivity contribution in [1.29, 1.82) is 0 Å². The highest BCUT2D eigenvalue weighted by atomic mass is 16.5. The second-order valence-electron chi connectivity index (χ2n) is 4.61. The number of nitrogens with zero attached hydrogens (tertiary/aromatic N) is 4. The molecule has 2 aromatic heterocycles. The van der Waals surface area contributed by atoms with Gasteiger partial charge in [-0.1, -0.05) is 12.1 Å². The van der Waals surface area contributed by atoms with Crippen molar-refractivity contribution < 1.29 is 9.32 Å². The summed E-state index contributed by atoms with van der Waals surface area (Å²) in [6, 6.07) is -0.211. The Morgan fingerprint density at radius 2 is 2.40 bits per heavy atom. The van der Waals surface area contributed by atoms with Gasteiger partial charge in [0.1, 0.15) is 6.04 Å². The van der Waals surface area contributed by atoms with E-state index in [-0.39, 0.29) is 11.9 Å². The highest BCUT2D eigenvalue weighted by Gasteiger charge is 2.18. The minimum atomic E-state index is -0.211. The van der Waals surface area contributed by atoms with E-state index in [0.29, 0.717) is 18.1 Å². The molecule has 0 saturated heterocycles.